The van der Waals surface area contributed by atoms with Gasteiger partial charge in [0.1, 0.15) is 0 Å². The summed E-state index contributed by atoms with van der Waals surface area (Å²) in [5.74, 6) is 0. The second kappa shape index (κ2) is 6.65. The Labute approximate surface area is 174 Å². The monoisotopic (exact) mass is 386 g/mol. The van der Waals surface area contributed by atoms with E-state index < -0.39 is 5.41 Å². The maximum Gasteiger partial charge on any atom is 0.0991 e. The molecule has 0 fully saturated rings. The molecule has 2 aromatic heterocycles. The Morgan fingerprint density at radius 3 is 1.67 bits per heavy atom. The Morgan fingerprint density at radius 2 is 1.20 bits per heavy atom. The van der Waals surface area contributed by atoms with Crippen LogP contribution in [0.2, 0.25) is 0 Å². The zero-order chi connectivity index (χ0) is 20.7. The lowest BCUT2D eigenvalue weighted by Gasteiger charge is -2.30. The molecule has 0 saturated heterocycles. The van der Waals surface area contributed by atoms with Crippen LogP contribution in [0, 0.1) is 22.7 Å². The predicted octanol–water partition coefficient (Wildman–Crippen LogP) is 5.75. The molecular weight excluding hydrogens is 368 g/mol. The third-order valence-electron chi connectivity index (χ3n) is 6.05. The van der Waals surface area contributed by atoms with Gasteiger partial charge >= 0.3 is 0 Å². The molecule has 0 saturated carbocycles. The molecule has 0 aliphatic heterocycles. The van der Waals surface area contributed by atoms with E-state index in [1.165, 1.54) is 0 Å². The van der Waals surface area contributed by atoms with Crippen LogP contribution >= 0.6 is 0 Å². The van der Waals surface area contributed by atoms with Crippen molar-refractivity contribution in [3.63, 3.8) is 0 Å². The molecule has 0 spiro atoms. The normalized spacial score (nSPS) is 11.4. The van der Waals surface area contributed by atoms with Gasteiger partial charge in [0, 0.05) is 39.6 Å². The van der Waals surface area contributed by atoms with Gasteiger partial charge in [-0.25, -0.2) is 0 Å². The Bertz CT molecular complexity index is 1380. The molecule has 30 heavy (non-hydrogen) atoms. The number of nitrogens with one attached hydrogen (secondary N) is 2. The predicted molar refractivity (Wildman–Crippen MR) is 118 cm³/mol. The summed E-state index contributed by atoms with van der Waals surface area (Å²) in [6, 6.07) is 26.3. The smallest absolute Gasteiger partial charge is 0.0991 e. The summed E-state index contributed by atoms with van der Waals surface area (Å²) in [5, 5.41) is 20.9. The topological polar surface area (TPSA) is 79.2 Å². The average Bonchev–Trinajstić information content (AvgIpc) is 3.43. The fraction of sp³-hybridized carbons (Fsp3) is 0.0769. The van der Waals surface area contributed by atoms with Crippen molar-refractivity contribution in [1.82, 2.24) is 9.97 Å². The van der Waals surface area contributed by atoms with Crippen LogP contribution in [0.15, 0.2) is 79.1 Å². The summed E-state index contributed by atoms with van der Waals surface area (Å²) in [5.41, 5.74) is 6.05. The molecule has 0 aliphatic rings. The van der Waals surface area contributed by atoms with Gasteiger partial charge in [-0.15, -0.1) is 0 Å². The van der Waals surface area contributed by atoms with Crippen molar-refractivity contribution in [1.29, 1.82) is 10.5 Å². The van der Waals surface area contributed by atoms with Gasteiger partial charge in [-0.05, 0) is 60.0 Å². The minimum atomic E-state index is -0.500. The van der Waals surface area contributed by atoms with Gasteiger partial charge in [-0.1, -0.05) is 30.3 Å². The third-order valence-corrected chi connectivity index (χ3v) is 6.05. The summed E-state index contributed by atoms with van der Waals surface area (Å²) >= 11 is 0. The Kier molecular flexibility index (Phi) is 3.95. The highest BCUT2D eigenvalue weighted by molar-refractivity contribution is 5.91. The van der Waals surface area contributed by atoms with Crippen LogP contribution in [0.1, 0.15) is 34.7 Å². The van der Waals surface area contributed by atoms with Gasteiger partial charge in [0.2, 0.25) is 0 Å². The highest BCUT2D eigenvalue weighted by Crippen LogP contribution is 2.44. The molecular formula is C26H18N4. The molecule has 2 heterocycles. The van der Waals surface area contributed by atoms with E-state index in [2.05, 4.69) is 41.2 Å². The van der Waals surface area contributed by atoms with E-state index in [-0.39, 0.29) is 0 Å². The summed E-state index contributed by atoms with van der Waals surface area (Å²) in [4.78, 5) is 6.75. The highest BCUT2D eigenvalue weighted by Gasteiger charge is 2.35. The molecule has 2 N–H and O–H groups in total. The van der Waals surface area contributed by atoms with Gasteiger partial charge in [0.05, 0.1) is 23.3 Å². The summed E-state index contributed by atoms with van der Waals surface area (Å²) < 4.78 is 0. The molecule has 0 aliphatic carbocycles. The van der Waals surface area contributed by atoms with Gasteiger partial charge in [0.25, 0.3) is 0 Å². The van der Waals surface area contributed by atoms with E-state index in [1.54, 1.807) is 0 Å². The lowest BCUT2D eigenvalue weighted by atomic mass is 9.71. The number of fused-ring (bicyclic) bond motifs is 2. The van der Waals surface area contributed by atoms with E-state index in [0.29, 0.717) is 11.1 Å². The van der Waals surface area contributed by atoms with Crippen molar-refractivity contribution >= 4 is 21.8 Å². The van der Waals surface area contributed by atoms with E-state index in [9.17, 15) is 10.5 Å². The van der Waals surface area contributed by atoms with Crippen molar-refractivity contribution in [3.05, 3.63) is 107 Å². The van der Waals surface area contributed by atoms with Gasteiger partial charge < -0.3 is 9.97 Å². The Morgan fingerprint density at radius 1 is 0.700 bits per heavy atom. The maximum absolute atomic E-state index is 9.43. The van der Waals surface area contributed by atoms with Crippen molar-refractivity contribution in [2.24, 2.45) is 0 Å². The highest BCUT2D eigenvalue weighted by atomic mass is 14.7. The number of aromatic nitrogens is 2. The number of nitriles is 2. The summed E-state index contributed by atoms with van der Waals surface area (Å²) in [6.45, 7) is 2.20. The van der Waals surface area contributed by atoms with E-state index >= 15 is 0 Å². The second-order valence-electron chi connectivity index (χ2n) is 7.64. The van der Waals surface area contributed by atoms with E-state index in [4.69, 9.17) is 0 Å². The number of benzene rings is 3. The molecule has 142 valence electrons. The first-order chi connectivity index (χ1) is 14.6. The Hall–Kier alpha value is -4.28. The zero-order valence-electron chi connectivity index (χ0n) is 16.4. The zero-order valence-corrected chi connectivity index (χ0v) is 16.4. The van der Waals surface area contributed by atoms with E-state index in [1.807, 2.05) is 67.0 Å². The summed E-state index contributed by atoms with van der Waals surface area (Å²) in [6.07, 6.45) is 4.07. The molecule has 4 heteroatoms. The standard InChI is InChI=1S/C26H18N4/c1-26(19-5-3-2-4-6-19,22-15-29-24-9-7-17(13-27)11-20(22)24)23-16-30-25-10-8-18(14-28)12-21(23)25/h2-12,15-16,29-30H,1H3. The molecule has 0 unspecified atom stereocenters. The molecule has 5 aromatic rings. The number of H-pyrrole nitrogens is 2. The largest absolute Gasteiger partial charge is 0.361 e. The summed E-state index contributed by atoms with van der Waals surface area (Å²) in [7, 11) is 0. The number of aromatic amines is 2. The second-order valence-corrected chi connectivity index (χ2v) is 7.64. The van der Waals surface area contributed by atoms with Crippen LogP contribution in [0.3, 0.4) is 0 Å². The van der Waals surface area contributed by atoms with Gasteiger partial charge in [-0.3, -0.25) is 0 Å². The first-order valence-corrected chi connectivity index (χ1v) is 9.74. The fourth-order valence-corrected chi connectivity index (χ4v) is 4.44. The lowest BCUT2D eigenvalue weighted by molar-refractivity contribution is 0.705. The van der Waals surface area contributed by atoms with Crippen LogP contribution in [0.4, 0.5) is 0 Å². The molecule has 0 atom stereocenters. The first-order valence-electron chi connectivity index (χ1n) is 9.74. The van der Waals surface area contributed by atoms with Crippen molar-refractivity contribution < 1.29 is 0 Å². The number of hydrogen-bond donors (Lipinski definition) is 2. The van der Waals surface area contributed by atoms with Crippen LogP contribution in [-0.2, 0) is 5.41 Å². The van der Waals surface area contributed by atoms with Gasteiger partial charge in [-0.2, -0.15) is 10.5 Å². The molecule has 0 bridgehead atoms. The maximum atomic E-state index is 9.43. The van der Waals surface area contributed by atoms with Crippen molar-refractivity contribution in [3.8, 4) is 12.1 Å². The SMILES string of the molecule is CC(c1ccccc1)(c1c[nH]c2ccc(C#N)cc12)c1c[nH]c2ccc(C#N)cc12. The van der Waals surface area contributed by atoms with Gasteiger partial charge in [0.15, 0.2) is 0 Å². The molecule has 3 aromatic carbocycles. The number of rotatable bonds is 3. The average molecular weight is 386 g/mol. The molecule has 4 nitrogen and oxygen atoms in total. The van der Waals surface area contributed by atoms with Crippen LogP contribution in [-0.4, -0.2) is 9.97 Å². The van der Waals surface area contributed by atoms with Crippen LogP contribution < -0.4 is 0 Å². The van der Waals surface area contributed by atoms with Crippen LogP contribution in [0.5, 0.6) is 0 Å². The lowest BCUT2D eigenvalue weighted by Crippen LogP contribution is -2.24. The minimum absolute atomic E-state index is 0.500. The molecule has 0 amide bonds. The van der Waals surface area contributed by atoms with Crippen molar-refractivity contribution in [2.45, 2.75) is 12.3 Å². The minimum Gasteiger partial charge on any atom is -0.361 e. The fourth-order valence-electron chi connectivity index (χ4n) is 4.44. The van der Waals surface area contributed by atoms with Crippen molar-refractivity contribution in [2.75, 3.05) is 0 Å². The third kappa shape index (κ3) is 2.52. The number of hydrogen-bond acceptors (Lipinski definition) is 2. The van der Waals surface area contributed by atoms with Crippen LogP contribution in [0.25, 0.3) is 21.8 Å². The molecule has 5 rings (SSSR count). The number of nitrogens with zero attached hydrogens (tertiary/aromatic N) is 2. The quantitative estimate of drug-likeness (QED) is 0.414. The van der Waals surface area contributed by atoms with E-state index in [0.717, 1.165) is 38.5 Å². The molecule has 0 radical (unpaired) electrons. The first kappa shape index (κ1) is 17.8. The Balaban J connectivity index is 1.88.